The van der Waals surface area contributed by atoms with Crippen LogP contribution in [-0.4, -0.2) is 10.8 Å². The predicted molar refractivity (Wildman–Crippen MR) is 81.5 cm³/mol. The van der Waals surface area contributed by atoms with E-state index >= 15 is 0 Å². The molecule has 18 heavy (non-hydrogen) atoms. The van der Waals surface area contributed by atoms with Gasteiger partial charge in [-0.3, -0.25) is 0 Å². The van der Waals surface area contributed by atoms with E-state index in [1.54, 1.807) is 0 Å². The molecule has 0 amide bonds. The molecular weight excluding hydrogens is 240 g/mol. The zero-order valence-electron chi connectivity index (χ0n) is 9.91. The van der Waals surface area contributed by atoms with Gasteiger partial charge in [-0.2, -0.15) is 0 Å². The van der Waals surface area contributed by atoms with Crippen LogP contribution < -0.4 is 5.73 Å². The molecule has 0 spiro atoms. The van der Waals surface area contributed by atoms with Crippen molar-refractivity contribution in [3.05, 3.63) is 65.8 Å². The zero-order valence-corrected chi connectivity index (χ0v) is 10.7. The summed E-state index contributed by atoms with van der Waals surface area (Å²) < 4.78 is 0. The lowest BCUT2D eigenvalue weighted by Crippen LogP contribution is -2.08. The van der Waals surface area contributed by atoms with Crippen molar-refractivity contribution in [1.29, 1.82) is 0 Å². The van der Waals surface area contributed by atoms with E-state index in [1.807, 2.05) is 24.3 Å². The van der Waals surface area contributed by atoms with Gasteiger partial charge in [-0.05, 0) is 29.4 Å². The number of hydrogen-bond acceptors (Lipinski definition) is 1. The number of benzene rings is 1. The zero-order chi connectivity index (χ0) is 12.8. The second-order valence-electron chi connectivity index (χ2n) is 3.94. The van der Waals surface area contributed by atoms with Crippen molar-refractivity contribution in [3.63, 3.8) is 0 Å². The molecule has 1 aromatic rings. The van der Waals surface area contributed by atoms with Crippen LogP contribution in [0.25, 0.3) is 6.08 Å². The highest BCUT2D eigenvalue weighted by Gasteiger charge is 2.01. The lowest BCUT2D eigenvalue weighted by atomic mass is 10.0. The first-order valence-corrected chi connectivity index (χ1v) is 6.13. The van der Waals surface area contributed by atoms with Gasteiger partial charge in [0.05, 0.1) is 0 Å². The van der Waals surface area contributed by atoms with Gasteiger partial charge >= 0.3 is 0 Å². The van der Waals surface area contributed by atoms with Crippen LogP contribution in [0.4, 0.5) is 0 Å². The van der Waals surface area contributed by atoms with E-state index in [4.69, 9.17) is 18.0 Å². The Morgan fingerprint density at radius 2 is 2.00 bits per heavy atom. The smallest absolute Gasteiger partial charge is 0.190 e. The van der Waals surface area contributed by atoms with E-state index in [-0.39, 0.29) is 5.11 Å². The fourth-order valence-electron chi connectivity index (χ4n) is 1.69. The Bertz CT molecular complexity index is 551. The average Bonchev–Trinajstić information content (AvgIpc) is 2.37. The molecule has 0 bridgehead atoms. The van der Waals surface area contributed by atoms with E-state index in [0.717, 1.165) is 17.7 Å². The minimum absolute atomic E-state index is 0.183. The number of rotatable bonds is 2. The molecule has 1 aliphatic rings. The van der Waals surface area contributed by atoms with Gasteiger partial charge in [-0.1, -0.05) is 54.6 Å². The Balaban J connectivity index is 2.14. The van der Waals surface area contributed by atoms with Crippen molar-refractivity contribution >= 4 is 29.1 Å². The van der Waals surface area contributed by atoms with Crippen molar-refractivity contribution in [3.8, 4) is 0 Å². The molecule has 0 saturated heterocycles. The Morgan fingerprint density at radius 1 is 1.22 bits per heavy atom. The molecule has 0 aromatic heterocycles. The summed E-state index contributed by atoms with van der Waals surface area (Å²) in [6, 6.07) is 10.2. The van der Waals surface area contributed by atoms with Gasteiger partial charge in [0.25, 0.3) is 0 Å². The Kier molecular flexibility index (Phi) is 4.20. The third-order valence-electron chi connectivity index (χ3n) is 2.49. The molecule has 2 N–H and O–H groups in total. The Hall–Kier alpha value is -2.00. The normalized spacial score (nSPS) is 17.1. The summed E-state index contributed by atoms with van der Waals surface area (Å²) in [5, 5.41) is 0.183. The van der Waals surface area contributed by atoms with Gasteiger partial charge in [0.1, 0.15) is 0 Å². The third-order valence-corrected chi connectivity index (χ3v) is 2.58. The molecule has 0 fully saturated rings. The highest BCUT2D eigenvalue weighted by Crippen LogP contribution is 2.12. The number of aliphatic imine (C=N–C) groups is 1. The van der Waals surface area contributed by atoms with E-state index in [2.05, 4.69) is 41.4 Å². The van der Waals surface area contributed by atoms with Crippen molar-refractivity contribution in [2.75, 3.05) is 0 Å². The third kappa shape index (κ3) is 3.79. The van der Waals surface area contributed by atoms with Crippen LogP contribution in [0.3, 0.4) is 0 Å². The molecule has 2 rings (SSSR count). The van der Waals surface area contributed by atoms with Gasteiger partial charge in [0.15, 0.2) is 5.11 Å². The van der Waals surface area contributed by atoms with Crippen molar-refractivity contribution in [2.24, 2.45) is 10.7 Å². The van der Waals surface area contributed by atoms with Gasteiger partial charge < -0.3 is 5.73 Å². The monoisotopic (exact) mass is 254 g/mol. The largest absolute Gasteiger partial charge is 0.374 e. The van der Waals surface area contributed by atoms with E-state index in [9.17, 15) is 0 Å². The Labute approximate surface area is 112 Å². The second kappa shape index (κ2) is 6.07. The van der Waals surface area contributed by atoms with Gasteiger partial charge in [-0.25, -0.2) is 4.99 Å². The molecule has 90 valence electrons. The number of allylic oxidation sites excluding steroid dienone is 5. The van der Waals surface area contributed by atoms with Gasteiger partial charge in [0.2, 0.25) is 0 Å². The summed E-state index contributed by atoms with van der Waals surface area (Å²) >= 11 is 4.78. The molecule has 0 atom stereocenters. The first kappa shape index (κ1) is 12.5. The van der Waals surface area contributed by atoms with Crippen LogP contribution in [-0.2, 0) is 0 Å². The van der Waals surface area contributed by atoms with Gasteiger partial charge in [0, 0.05) is 12.1 Å². The van der Waals surface area contributed by atoms with Crippen LogP contribution in [0.2, 0.25) is 0 Å². The molecule has 0 radical (unpaired) electrons. The SMILES string of the molecule is NC(=S)N=C1C=C(C=Cc2ccccc2)C=CC1. The fourth-order valence-corrected chi connectivity index (χ4v) is 1.81. The van der Waals surface area contributed by atoms with E-state index in [1.165, 1.54) is 5.56 Å². The van der Waals surface area contributed by atoms with Crippen LogP contribution in [0.1, 0.15) is 12.0 Å². The molecule has 2 nitrogen and oxygen atoms in total. The fraction of sp³-hybridized carbons (Fsp3) is 0.0667. The Morgan fingerprint density at radius 3 is 2.72 bits per heavy atom. The lowest BCUT2D eigenvalue weighted by Gasteiger charge is -2.05. The van der Waals surface area contributed by atoms with Crippen molar-refractivity contribution in [1.82, 2.24) is 0 Å². The van der Waals surface area contributed by atoms with Crippen LogP contribution >= 0.6 is 12.2 Å². The standard InChI is InChI=1S/C15H14N2S/c16-15(18)17-14-8-4-7-13(11-14)10-9-12-5-2-1-3-6-12/h1-7,9-11H,8H2,(H2,16,18). The van der Waals surface area contributed by atoms with Crippen molar-refractivity contribution < 1.29 is 0 Å². The summed E-state index contributed by atoms with van der Waals surface area (Å²) in [6.07, 6.45) is 11.0. The average molecular weight is 254 g/mol. The molecular formula is C15H14N2S. The number of nitrogens with zero attached hydrogens (tertiary/aromatic N) is 1. The second-order valence-corrected chi connectivity index (χ2v) is 4.35. The number of thiocarbonyl (C=S) groups is 1. The summed E-state index contributed by atoms with van der Waals surface area (Å²) in [4.78, 5) is 4.11. The summed E-state index contributed by atoms with van der Waals surface area (Å²) in [5.41, 5.74) is 8.58. The molecule has 0 saturated carbocycles. The first-order valence-electron chi connectivity index (χ1n) is 5.72. The topological polar surface area (TPSA) is 38.4 Å². The maximum atomic E-state index is 5.41. The maximum Gasteiger partial charge on any atom is 0.190 e. The van der Waals surface area contributed by atoms with Crippen molar-refractivity contribution in [2.45, 2.75) is 6.42 Å². The molecule has 0 unspecified atom stereocenters. The quantitative estimate of drug-likeness (QED) is 0.823. The summed E-state index contributed by atoms with van der Waals surface area (Å²) in [7, 11) is 0. The molecule has 1 aromatic carbocycles. The van der Waals surface area contributed by atoms with Crippen LogP contribution in [0.15, 0.2) is 65.2 Å². The predicted octanol–water partition coefficient (Wildman–Crippen LogP) is 3.27. The maximum absolute atomic E-state index is 5.41. The molecule has 0 heterocycles. The number of hydrogen-bond donors (Lipinski definition) is 1. The summed E-state index contributed by atoms with van der Waals surface area (Å²) in [6.45, 7) is 0. The molecule has 0 aliphatic heterocycles. The van der Waals surface area contributed by atoms with E-state index < -0.39 is 0 Å². The minimum atomic E-state index is 0.183. The minimum Gasteiger partial charge on any atom is -0.374 e. The highest BCUT2D eigenvalue weighted by atomic mass is 32.1. The van der Waals surface area contributed by atoms with Crippen LogP contribution in [0.5, 0.6) is 0 Å². The molecule has 3 heteroatoms. The summed E-state index contributed by atoms with van der Waals surface area (Å²) in [5.74, 6) is 0. The lowest BCUT2D eigenvalue weighted by molar-refractivity contribution is 1.40. The first-order chi connectivity index (χ1) is 8.74. The van der Waals surface area contributed by atoms with E-state index in [0.29, 0.717) is 0 Å². The number of nitrogens with two attached hydrogens (primary N) is 1. The highest BCUT2D eigenvalue weighted by molar-refractivity contribution is 7.80. The molecule has 1 aliphatic carbocycles. The van der Waals surface area contributed by atoms with Gasteiger partial charge in [-0.15, -0.1) is 0 Å². The van der Waals surface area contributed by atoms with Crippen LogP contribution in [0, 0.1) is 0 Å².